The number of allylic oxidation sites excluding steroid dienone is 9. The first kappa shape index (κ1) is 33.3. The van der Waals surface area contributed by atoms with Crippen LogP contribution in [0.1, 0.15) is 64.0 Å². The fourth-order valence-corrected chi connectivity index (χ4v) is 10.7. The summed E-state index contributed by atoms with van der Waals surface area (Å²) in [4.78, 5) is 10.8. The molecule has 7 aromatic rings. The summed E-state index contributed by atoms with van der Waals surface area (Å²) in [6.07, 6.45) is 22.3. The van der Waals surface area contributed by atoms with E-state index in [1.54, 1.807) is 0 Å². The van der Waals surface area contributed by atoms with E-state index in [1.807, 2.05) is 0 Å². The highest BCUT2D eigenvalue weighted by atomic mass is 16.5. The van der Waals surface area contributed by atoms with Gasteiger partial charge in [-0.05, 0) is 100 Å². The molecular formula is C55H40N2O. The van der Waals surface area contributed by atoms with E-state index < -0.39 is 10.8 Å². The first-order valence-electron chi connectivity index (χ1n) is 20.5. The normalized spacial score (nSPS) is 22.9. The van der Waals surface area contributed by atoms with Crippen LogP contribution in [0.4, 0.5) is 0 Å². The van der Waals surface area contributed by atoms with Crippen molar-refractivity contribution in [2.24, 2.45) is 5.92 Å². The van der Waals surface area contributed by atoms with Gasteiger partial charge in [0, 0.05) is 39.5 Å². The van der Waals surface area contributed by atoms with Gasteiger partial charge < -0.3 is 4.74 Å². The molecule has 12 rings (SSSR count). The van der Waals surface area contributed by atoms with E-state index in [1.165, 1.54) is 55.3 Å². The Balaban J connectivity index is 0.984. The van der Waals surface area contributed by atoms with Crippen LogP contribution in [0.2, 0.25) is 0 Å². The zero-order valence-corrected chi connectivity index (χ0v) is 32.3. The van der Waals surface area contributed by atoms with Crippen LogP contribution in [0.3, 0.4) is 0 Å². The van der Waals surface area contributed by atoms with Crippen molar-refractivity contribution < 1.29 is 4.74 Å². The Bertz CT molecular complexity index is 3020. The molecule has 5 aliphatic rings. The molecule has 0 amide bonds. The summed E-state index contributed by atoms with van der Waals surface area (Å²) in [5, 5.41) is 2.59. The SMILES string of the molecule is CC1(c2nc(-c3ccccc3)cc(-c3cc4c5c(cccc5c3)CC=C4)n2)C=CC=C(c2ccc3c(c2)C2(c4ccccc4O3)c3ccccc3C3C=CC=CC32)C1. The Labute approximate surface area is 339 Å². The minimum absolute atomic E-state index is 0.221. The van der Waals surface area contributed by atoms with Crippen molar-refractivity contribution >= 4 is 22.4 Å². The van der Waals surface area contributed by atoms with E-state index in [2.05, 4.69) is 195 Å². The van der Waals surface area contributed by atoms with Crippen molar-refractivity contribution in [3.63, 3.8) is 0 Å². The van der Waals surface area contributed by atoms with Gasteiger partial charge in [-0.1, -0.05) is 152 Å². The van der Waals surface area contributed by atoms with Gasteiger partial charge in [-0.3, -0.25) is 0 Å². The number of fused-ring (bicyclic) bond motifs is 9. The smallest absolute Gasteiger partial charge is 0.139 e. The molecule has 3 nitrogen and oxygen atoms in total. The largest absolute Gasteiger partial charge is 0.457 e. The fourth-order valence-electron chi connectivity index (χ4n) is 10.7. The van der Waals surface area contributed by atoms with E-state index in [9.17, 15) is 0 Å². The lowest BCUT2D eigenvalue weighted by molar-refractivity contribution is 0.374. The molecule has 3 heteroatoms. The van der Waals surface area contributed by atoms with Gasteiger partial charge >= 0.3 is 0 Å². The van der Waals surface area contributed by atoms with Crippen LogP contribution in [0.25, 0.3) is 44.9 Å². The molecule has 1 spiro atoms. The maximum absolute atomic E-state index is 6.78. The van der Waals surface area contributed by atoms with Crippen LogP contribution >= 0.6 is 0 Å². The minimum atomic E-state index is -0.458. The van der Waals surface area contributed by atoms with Gasteiger partial charge in [0.15, 0.2) is 0 Å². The first-order chi connectivity index (χ1) is 28.6. The summed E-state index contributed by atoms with van der Waals surface area (Å²) in [7, 11) is 0. The molecule has 0 saturated carbocycles. The molecule has 4 atom stereocenters. The number of benzene rings is 6. The van der Waals surface area contributed by atoms with Crippen molar-refractivity contribution in [1.82, 2.24) is 9.97 Å². The lowest BCUT2D eigenvalue weighted by atomic mass is 9.61. The third kappa shape index (κ3) is 4.86. The van der Waals surface area contributed by atoms with Gasteiger partial charge in [-0.2, -0.15) is 0 Å². The van der Waals surface area contributed by atoms with Gasteiger partial charge in [0.2, 0.25) is 0 Å². The minimum Gasteiger partial charge on any atom is -0.457 e. The van der Waals surface area contributed by atoms with Crippen LogP contribution in [-0.2, 0) is 17.3 Å². The van der Waals surface area contributed by atoms with Crippen LogP contribution in [-0.4, -0.2) is 9.97 Å². The number of ether oxygens (including phenoxy) is 1. The molecule has 0 radical (unpaired) electrons. The average Bonchev–Trinajstić information content (AvgIpc) is 3.57. The lowest BCUT2D eigenvalue weighted by Gasteiger charge is -2.43. The summed E-state index contributed by atoms with van der Waals surface area (Å²) in [5.74, 6) is 3.19. The van der Waals surface area contributed by atoms with Gasteiger partial charge in [-0.15, -0.1) is 0 Å². The number of hydrogen-bond donors (Lipinski definition) is 0. The van der Waals surface area contributed by atoms with Crippen molar-refractivity contribution in [3.05, 3.63) is 227 Å². The zero-order chi connectivity index (χ0) is 38.4. The van der Waals surface area contributed by atoms with Crippen molar-refractivity contribution in [1.29, 1.82) is 0 Å². The molecule has 0 bridgehead atoms. The fraction of sp³-hybridized carbons (Fsp3) is 0.127. The Morgan fingerprint density at radius 1 is 0.638 bits per heavy atom. The summed E-state index contributed by atoms with van der Waals surface area (Å²) < 4.78 is 6.78. The van der Waals surface area contributed by atoms with Gasteiger partial charge in [0.25, 0.3) is 0 Å². The number of aromatic nitrogens is 2. The van der Waals surface area contributed by atoms with E-state index in [4.69, 9.17) is 14.7 Å². The second-order valence-electron chi connectivity index (χ2n) is 16.7. The highest BCUT2D eigenvalue weighted by Gasteiger charge is 2.56. The monoisotopic (exact) mass is 744 g/mol. The first-order valence-corrected chi connectivity index (χ1v) is 20.5. The van der Waals surface area contributed by atoms with Crippen molar-refractivity contribution in [2.45, 2.75) is 36.5 Å². The van der Waals surface area contributed by atoms with E-state index in [0.29, 0.717) is 0 Å². The van der Waals surface area contributed by atoms with E-state index >= 15 is 0 Å². The Morgan fingerprint density at radius 2 is 1.43 bits per heavy atom. The molecule has 4 unspecified atom stereocenters. The molecule has 1 aromatic heterocycles. The van der Waals surface area contributed by atoms with Gasteiger partial charge in [-0.25, -0.2) is 9.97 Å². The Hall–Kier alpha value is -6.84. The maximum Gasteiger partial charge on any atom is 0.139 e. The number of hydrogen-bond acceptors (Lipinski definition) is 3. The van der Waals surface area contributed by atoms with Gasteiger partial charge in [0.1, 0.15) is 17.3 Å². The summed E-state index contributed by atoms with van der Waals surface area (Å²) >= 11 is 0. The predicted molar refractivity (Wildman–Crippen MR) is 236 cm³/mol. The zero-order valence-electron chi connectivity index (χ0n) is 32.3. The molecule has 4 aliphatic carbocycles. The van der Waals surface area contributed by atoms with E-state index in [-0.39, 0.29) is 11.8 Å². The quantitative estimate of drug-likeness (QED) is 0.180. The summed E-state index contributed by atoms with van der Waals surface area (Å²) in [6.45, 7) is 2.29. The second kappa shape index (κ2) is 12.6. The molecular weight excluding hydrogens is 705 g/mol. The lowest BCUT2D eigenvalue weighted by Crippen LogP contribution is -2.37. The summed E-state index contributed by atoms with van der Waals surface area (Å²) in [5.41, 5.74) is 13.5. The summed E-state index contributed by atoms with van der Waals surface area (Å²) in [6, 6.07) is 48.5. The maximum atomic E-state index is 6.78. The number of para-hydroxylation sites is 1. The Kier molecular flexibility index (Phi) is 7.23. The second-order valence-corrected chi connectivity index (χ2v) is 16.7. The van der Waals surface area contributed by atoms with Crippen molar-refractivity contribution in [2.75, 3.05) is 0 Å². The number of rotatable bonds is 4. The third-order valence-corrected chi connectivity index (χ3v) is 13.3. The molecule has 6 aromatic carbocycles. The molecule has 58 heavy (non-hydrogen) atoms. The molecule has 2 heterocycles. The molecule has 0 N–H and O–H groups in total. The van der Waals surface area contributed by atoms with Crippen molar-refractivity contribution in [3.8, 4) is 34.0 Å². The predicted octanol–water partition coefficient (Wildman–Crippen LogP) is 13.1. The van der Waals surface area contributed by atoms with Crippen LogP contribution < -0.4 is 4.74 Å². The molecule has 276 valence electrons. The van der Waals surface area contributed by atoms with E-state index in [0.717, 1.165) is 52.7 Å². The Morgan fingerprint density at radius 3 is 2.34 bits per heavy atom. The topological polar surface area (TPSA) is 35.0 Å². The van der Waals surface area contributed by atoms with Crippen LogP contribution in [0.15, 0.2) is 182 Å². The number of nitrogens with zero attached hydrogens (tertiary/aromatic N) is 2. The van der Waals surface area contributed by atoms with Crippen LogP contribution in [0.5, 0.6) is 11.5 Å². The van der Waals surface area contributed by atoms with Gasteiger partial charge in [0.05, 0.1) is 16.8 Å². The average molecular weight is 745 g/mol. The third-order valence-electron chi connectivity index (χ3n) is 13.3. The molecule has 0 fully saturated rings. The van der Waals surface area contributed by atoms with Crippen LogP contribution in [0, 0.1) is 5.92 Å². The molecule has 1 aliphatic heterocycles. The standard InChI is InChI=1S/C55H40N2O/c1-54(53-56-48(35-14-3-2-4-15-35)33-49(57-53)41-30-38-18-11-16-36-17-12-19-39(31-41)52(36)38)29-13-20-40(34-54)37-27-28-51-47(32-37)55(46-25-9-10-26-50(46)58-51)44-23-7-5-21-42(44)43-22-6-8-24-45(43)55/h2-16,18-33,42,44H,17,34H2,1H3. The highest BCUT2D eigenvalue weighted by Crippen LogP contribution is 2.64. The molecule has 0 saturated heterocycles. The highest BCUT2D eigenvalue weighted by molar-refractivity contribution is 5.98.